The maximum atomic E-state index is 12.5. The highest BCUT2D eigenvalue weighted by molar-refractivity contribution is 7.07. The lowest BCUT2D eigenvalue weighted by Gasteiger charge is -2.39. The molecule has 1 aromatic rings. The van der Waals surface area contributed by atoms with Crippen molar-refractivity contribution >= 4 is 23.2 Å². The topological polar surface area (TPSA) is 62.3 Å². The van der Waals surface area contributed by atoms with Crippen molar-refractivity contribution in [1.82, 2.24) is 15.2 Å². The highest BCUT2D eigenvalue weighted by atomic mass is 32.1. The summed E-state index contributed by atoms with van der Waals surface area (Å²) in [6.07, 6.45) is 2.04. The molecule has 6 heteroatoms. The standard InChI is InChI=1S/C12H15N3O2S/c1-12(8-2-3-8)11(17)15(5-10(16)14-12)4-9-6-18-7-13-9/h6-8H,2-5H2,1H3,(H,14,16). The predicted octanol–water partition coefficient (Wildman–Crippen LogP) is 0.770. The first-order valence-corrected chi connectivity index (χ1v) is 7.01. The summed E-state index contributed by atoms with van der Waals surface area (Å²) in [7, 11) is 0. The Hall–Kier alpha value is -1.43. The number of hydrogen-bond acceptors (Lipinski definition) is 4. The van der Waals surface area contributed by atoms with Gasteiger partial charge in [0.05, 0.1) is 17.7 Å². The van der Waals surface area contributed by atoms with Gasteiger partial charge >= 0.3 is 0 Å². The summed E-state index contributed by atoms with van der Waals surface area (Å²) in [4.78, 5) is 30.0. The number of carbonyl (C=O) groups is 2. The van der Waals surface area contributed by atoms with E-state index in [1.54, 1.807) is 10.4 Å². The van der Waals surface area contributed by atoms with Crippen LogP contribution in [0.25, 0.3) is 0 Å². The van der Waals surface area contributed by atoms with E-state index in [4.69, 9.17) is 0 Å². The van der Waals surface area contributed by atoms with Crippen LogP contribution in [-0.2, 0) is 16.1 Å². The fraction of sp³-hybridized carbons (Fsp3) is 0.583. The molecule has 0 aromatic carbocycles. The Morgan fingerprint density at radius 1 is 1.56 bits per heavy atom. The first-order valence-electron chi connectivity index (χ1n) is 6.07. The zero-order chi connectivity index (χ0) is 12.8. The van der Waals surface area contributed by atoms with Crippen molar-refractivity contribution in [1.29, 1.82) is 0 Å². The highest BCUT2D eigenvalue weighted by Crippen LogP contribution is 2.41. The predicted molar refractivity (Wildman–Crippen MR) is 66.8 cm³/mol. The second-order valence-corrected chi connectivity index (χ2v) is 5.88. The van der Waals surface area contributed by atoms with Gasteiger partial charge in [-0.1, -0.05) is 0 Å². The number of rotatable bonds is 3. The molecule has 18 heavy (non-hydrogen) atoms. The van der Waals surface area contributed by atoms with Gasteiger partial charge in [0.15, 0.2) is 0 Å². The summed E-state index contributed by atoms with van der Waals surface area (Å²) in [6.45, 7) is 2.41. The quantitative estimate of drug-likeness (QED) is 0.878. The van der Waals surface area contributed by atoms with E-state index in [2.05, 4.69) is 10.3 Å². The highest BCUT2D eigenvalue weighted by Gasteiger charge is 2.52. The second kappa shape index (κ2) is 4.05. The summed E-state index contributed by atoms with van der Waals surface area (Å²) in [5.41, 5.74) is 1.89. The van der Waals surface area contributed by atoms with Gasteiger partial charge in [-0.3, -0.25) is 9.59 Å². The fourth-order valence-corrected chi connectivity index (χ4v) is 3.08. The zero-order valence-corrected chi connectivity index (χ0v) is 11.0. The maximum Gasteiger partial charge on any atom is 0.249 e. The van der Waals surface area contributed by atoms with Gasteiger partial charge in [0.1, 0.15) is 12.1 Å². The Labute approximate surface area is 109 Å². The molecule has 2 fully saturated rings. The summed E-state index contributed by atoms with van der Waals surface area (Å²) >= 11 is 1.50. The molecule has 1 aliphatic heterocycles. The van der Waals surface area contributed by atoms with E-state index in [1.165, 1.54) is 11.3 Å². The molecular weight excluding hydrogens is 250 g/mol. The minimum Gasteiger partial charge on any atom is -0.340 e. The van der Waals surface area contributed by atoms with Crippen LogP contribution in [0.4, 0.5) is 0 Å². The Morgan fingerprint density at radius 2 is 2.33 bits per heavy atom. The minimum absolute atomic E-state index is 0.0256. The summed E-state index contributed by atoms with van der Waals surface area (Å²) in [5, 5.41) is 4.78. The number of amides is 2. The molecule has 2 heterocycles. The van der Waals surface area contributed by atoms with Crippen LogP contribution in [0, 0.1) is 5.92 Å². The summed E-state index contributed by atoms with van der Waals surface area (Å²) in [5.74, 6) is 0.254. The summed E-state index contributed by atoms with van der Waals surface area (Å²) < 4.78 is 0. The van der Waals surface area contributed by atoms with Gasteiger partial charge in [-0.2, -0.15) is 0 Å². The SMILES string of the molecule is CC1(C2CC2)NC(=O)CN(Cc2cscn2)C1=O. The largest absolute Gasteiger partial charge is 0.340 e. The number of aromatic nitrogens is 1. The molecule has 96 valence electrons. The molecule has 2 amide bonds. The Balaban J connectivity index is 1.81. The van der Waals surface area contributed by atoms with Gasteiger partial charge in [-0.05, 0) is 25.7 Å². The van der Waals surface area contributed by atoms with Gasteiger partial charge < -0.3 is 10.2 Å². The van der Waals surface area contributed by atoms with Crippen LogP contribution in [0.15, 0.2) is 10.9 Å². The number of nitrogens with zero attached hydrogens (tertiary/aromatic N) is 2. The van der Waals surface area contributed by atoms with Crippen LogP contribution >= 0.6 is 11.3 Å². The third kappa shape index (κ3) is 1.90. The Morgan fingerprint density at radius 3 is 2.94 bits per heavy atom. The van der Waals surface area contributed by atoms with Crippen molar-refractivity contribution in [2.45, 2.75) is 31.8 Å². The molecule has 1 aromatic heterocycles. The van der Waals surface area contributed by atoms with E-state index < -0.39 is 5.54 Å². The molecule has 0 radical (unpaired) electrons. The molecule has 5 nitrogen and oxygen atoms in total. The van der Waals surface area contributed by atoms with E-state index in [0.717, 1.165) is 18.5 Å². The molecule has 1 atom stereocenters. The van der Waals surface area contributed by atoms with E-state index in [9.17, 15) is 9.59 Å². The lowest BCUT2D eigenvalue weighted by molar-refractivity contribution is -0.150. The van der Waals surface area contributed by atoms with Crippen LogP contribution in [0.2, 0.25) is 0 Å². The van der Waals surface area contributed by atoms with E-state index in [1.807, 2.05) is 12.3 Å². The lowest BCUT2D eigenvalue weighted by atomic mass is 9.91. The van der Waals surface area contributed by atoms with Gasteiger partial charge in [-0.15, -0.1) is 11.3 Å². The lowest BCUT2D eigenvalue weighted by Crippen LogP contribution is -2.66. The van der Waals surface area contributed by atoms with Gasteiger partial charge in [0, 0.05) is 5.38 Å². The number of carbonyl (C=O) groups excluding carboxylic acids is 2. The van der Waals surface area contributed by atoms with Crippen LogP contribution in [0.5, 0.6) is 0 Å². The van der Waals surface area contributed by atoms with Crippen molar-refractivity contribution in [2.24, 2.45) is 5.92 Å². The number of nitrogens with one attached hydrogen (secondary N) is 1. The van der Waals surface area contributed by atoms with Crippen LogP contribution in [0.1, 0.15) is 25.5 Å². The molecule has 1 unspecified atom stereocenters. The van der Waals surface area contributed by atoms with Crippen molar-refractivity contribution < 1.29 is 9.59 Å². The first kappa shape index (κ1) is 11.6. The Bertz CT molecular complexity index is 484. The molecular formula is C12H15N3O2S. The average molecular weight is 265 g/mol. The summed E-state index contributed by atoms with van der Waals surface area (Å²) in [6, 6.07) is 0. The monoisotopic (exact) mass is 265 g/mol. The normalized spacial score (nSPS) is 28.4. The number of hydrogen-bond donors (Lipinski definition) is 1. The molecule has 2 aliphatic rings. The Kier molecular flexibility index (Phi) is 2.62. The third-order valence-electron chi connectivity index (χ3n) is 3.70. The first-order chi connectivity index (χ1) is 8.59. The van der Waals surface area contributed by atoms with E-state index >= 15 is 0 Å². The maximum absolute atomic E-state index is 12.5. The van der Waals surface area contributed by atoms with E-state index in [0.29, 0.717) is 12.5 Å². The number of thiazole rings is 1. The molecule has 3 rings (SSSR count). The number of piperazine rings is 1. The van der Waals surface area contributed by atoms with E-state index in [-0.39, 0.29) is 18.4 Å². The second-order valence-electron chi connectivity index (χ2n) is 5.17. The zero-order valence-electron chi connectivity index (χ0n) is 10.2. The van der Waals surface area contributed by atoms with Crippen molar-refractivity contribution in [3.8, 4) is 0 Å². The van der Waals surface area contributed by atoms with Crippen LogP contribution in [0.3, 0.4) is 0 Å². The minimum atomic E-state index is -0.703. The molecule has 1 saturated heterocycles. The fourth-order valence-electron chi connectivity index (χ4n) is 2.53. The van der Waals surface area contributed by atoms with Crippen molar-refractivity contribution in [3.05, 3.63) is 16.6 Å². The van der Waals surface area contributed by atoms with Gasteiger partial charge in [0.25, 0.3) is 0 Å². The molecule has 0 bridgehead atoms. The average Bonchev–Trinajstić information content (AvgIpc) is 3.06. The third-order valence-corrected chi connectivity index (χ3v) is 4.33. The molecule has 1 aliphatic carbocycles. The molecule has 0 spiro atoms. The van der Waals surface area contributed by atoms with Gasteiger partial charge in [-0.25, -0.2) is 4.98 Å². The molecule has 1 N–H and O–H groups in total. The van der Waals surface area contributed by atoms with Crippen LogP contribution < -0.4 is 5.32 Å². The molecule has 1 saturated carbocycles. The smallest absolute Gasteiger partial charge is 0.249 e. The van der Waals surface area contributed by atoms with Crippen LogP contribution in [-0.4, -0.2) is 33.8 Å². The van der Waals surface area contributed by atoms with Crippen molar-refractivity contribution in [2.75, 3.05) is 6.54 Å². The van der Waals surface area contributed by atoms with Crippen molar-refractivity contribution in [3.63, 3.8) is 0 Å². The van der Waals surface area contributed by atoms with Gasteiger partial charge in [0.2, 0.25) is 11.8 Å².